The molecule has 0 saturated heterocycles. The van der Waals surface area contributed by atoms with E-state index in [1.54, 1.807) is 48.5 Å². The van der Waals surface area contributed by atoms with Gasteiger partial charge in [0.25, 0.3) is 11.8 Å². The molecule has 0 bridgehead atoms. The topological polar surface area (TPSA) is 141 Å². The van der Waals surface area contributed by atoms with Crippen LogP contribution >= 0.6 is 0 Å². The summed E-state index contributed by atoms with van der Waals surface area (Å²) >= 11 is 0. The minimum atomic E-state index is -0.912. The van der Waals surface area contributed by atoms with Gasteiger partial charge in [-0.15, -0.1) is 10.2 Å². The number of hydrogen-bond acceptors (Lipinski definition) is 8. The van der Waals surface area contributed by atoms with Gasteiger partial charge in [0.2, 0.25) is 12.0 Å². The van der Waals surface area contributed by atoms with Gasteiger partial charge in [0, 0.05) is 5.39 Å². The Hall–Kier alpha value is -4.41. The fourth-order valence-corrected chi connectivity index (χ4v) is 3.29. The van der Waals surface area contributed by atoms with Crippen molar-refractivity contribution in [1.29, 1.82) is 0 Å². The molecular weight excluding hydrogens is 432 g/mol. The van der Waals surface area contributed by atoms with Crippen LogP contribution in [0.15, 0.2) is 58.8 Å². The number of fused-ring (bicyclic) bond motifs is 2. The molecule has 2 aromatic carbocycles. The fraction of sp³-hybridized carbons (Fsp3) is 0.227. The van der Waals surface area contributed by atoms with Crippen molar-refractivity contribution >= 4 is 34.4 Å². The van der Waals surface area contributed by atoms with Gasteiger partial charge in [-0.2, -0.15) is 0 Å². The van der Waals surface area contributed by atoms with E-state index in [9.17, 15) is 19.5 Å². The first-order chi connectivity index (χ1) is 16.0. The monoisotopic (exact) mass is 452 g/mol. The average molecular weight is 452 g/mol. The zero-order valence-electron chi connectivity index (χ0n) is 17.6. The quantitative estimate of drug-likeness (QED) is 0.431. The van der Waals surface area contributed by atoms with E-state index in [-0.39, 0.29) is 24.7 Å². The number of methoxy groups -OCH3 is 1. The van der Waals surface area contributed by atoms with Crippen molar-refractivity contribution in [2.24, 2.45) is 10.2 Å². The van der Waals surface area contributed by atoms with Crippen LogP contribution in [0.4, 0.5) is 5.69 Å². The predicted octanol–water partition coefficient (Wildman–Crippen LogP) is 2.09. The summed E-state index contributed by atoms with van der Waals surface area (Å²) < 4.78 is 17.0. The summed E-state index contributed by atoms with van der Waals surface area (Å²) in [5.41, 5.74) is 0.541. The van der Waals surface area contributed by atoms with Crippen LogP contribution in [0.3, 0.4) is 0 Å². The van der Waals surface area contributed by atoms with Crippen LogP contribution < -0.4 is 14.8 Å². The molecule has 0 unspecified atom stereocenters. The number of aromatic nitrogens is 1. The third-order valence-electron chi connectivity index (χ3n) is 4.91. The number of carbonyl (C=O) groups is 3. The molecule has 1 aliphatic heterocycles. The van der Waals surface area contributed by atoms with Gasteiger partial charge in [0.1, 0.15) is 19.7 Å². The van der Waals surface area contributed by atoms with Crippen molar-refractivity contribution in [1.82, 2.24) is 9.88 Å². The Morgan fingerprint density at radius 3 is 2.67 bits per heavy atom. The van der Waals surface area contributed by atoms with Crippen molar-refractivity contribution in [3.63, 3.8) is 0 Å². The Bertz CT molecular complexity index is 1250. The highest BCUT2D eigenvalue weighted by atomic mass is 16.6. The molecule has 11 heteroatoms. The van der Waals surface area contributed by atoms with Gasteiger partial charge >= 0.3 is 5.97 Å². The SMILES string of the molecule is COC(=O)Cn1c(O)c(N=NC(=O)CNC(=O)[C@@H]2COc3ccccc3O2)c2ccccc21. The highest BCUT2D eigenvalue weighted by Crippen LogP contribution is 2.38. The summed E-state index contributed by atoms with van der Waals surface area (Å²) in [7, 11) is 1.24. The number of aromatic hydroxyl groups is 1. The Morgan fingerprint density at radius 2 is 1.88 bits per heavy atom. The molecule has 11 nitrogen and oxygen atoms in total. The minimum absolute atomic E-state index is 0.00608. The number of nitrogens with zero attached hydrogens (tertiary/aromatic N) is 3. The zero-order chi connectivity index (χ0) is 23.4. The second-order valence-corrected chi connectivity index (χ2v) is 7.03. The summed E-state index contributed by atoms with van der Waals surface area (Å²) in [6.45, 7) is -0.660. The van der Waals surface area contributed by atoms with Crippen molar-refractivity contribution in [3.8, 4) is 17.4 Å². The van der Waals surface area contributed by atoms with Gasteiger partial charge < -0.3 is 24.6 Å². The van der Waals surface area contributed by atoms with Crippen molar-refractivity contribution in [2.45, 2.75) is 12.6 Å². The molecular formula is C22H20N4O7. The molecule has 1 aromatic heterocycles. The first kappa shape index (κ1) is 21.8. The van der Waals surface area contributed by atoms with Crippen molar-refractivity contribution < 1.29 is 33.7 Å². The summed E-state index contributed by atoms with van der Waals surface area (Å²) in [6, 6.07) is 13.7. The maximum atomic E-state index is 12.3. The number of azo groups is 1. The van der Waals surface area contributed by atoms with Crippen LogP contribution in [0.2, 0.25) is 0 Å². The summed E-state index contributed by atoms with van der Waals surface area (Å²) in [4.78, 5) is 36.2. The van der Waals surface area contributed by atoms with Crippen molar-refractivity contribution in [3.05, 3.63) is 48.5 Å². The fourth-order valence-electron chi connectivity index (χ4n) is 3.29. The number of hydrogen-bond donors (Lipinski definition) is 2. The first-order valence-electron chi connectivity index (χ1n) is 9.95. The maximum absolute atomic E-state index is 12.3. The Kier molecular flexibility index (Phi) is 6.20. The van der Waals surface area contributed by atoms with E-state index in [0.29, 0.717) is 22.4 Å². The van der Waals surface area contributed by atoms with E-state index < -0.39 is 30.4 Å². The number of carbonyl (C=O) groups excluding carboxylic acids is 3. The van der Waals surface area contributed by atoms with Gasteiger partial charge in [0.05, 0.1) is 12.6 Å². The van der Waals surface area contributed by atoms with E-state index in [2.05, 4.69) is 20.3 Å². The third kappa shape index (κ3) is 4.61. The lowest BCUT2D eigenvalue weighted by Crippen LogP contribution is -2.45. The van der Waals surface area contributed by atoms with Crippen LogP contribution in [0, 0.1) is 0 Å². The molecule has 0 spiro atoms. The molecule has 33 heavy (non-hydrogen) atoms. The number of amides is 2. The van der Waals surface area contributed by atoms with Crippen LogP contribution in [0.1, 0.15) is 0 Å². The summed E-state index contributed by atoms with van der Waals surface area (Å²) in [5.74, 6) is -1.21. The summed E-state index contributed by atoms with van der Waals surface area (Å²) in [5, 5.41) is 20.9. The molecule has 170 valence electrons. The maximum Gasteiger partial charge on any atom is 0.325 e. The Morgan fingerprint density at radius 1 is 1.15 bits per heavy atom. The molecule has 1 atom stereocenters. The van der Waals surface area contributed by atoms with Crippen molar-refractivity contribution in [2.75, 3.05) is 20.3 Å². The molecule has 2 heterocycles. The second kappa shape index (κ2) is 9.39. The van der Waals surface area contributed by atoms with Crippen LogP contribution in [0.25, 0.3) is 10.9 Å². The number of benzene rings is 2. The lowest BCUT2D eigenvalue weighted by Gasteiger charge is -2.25. The number of esters is 1. The molecule has 0 aliphatic carbocycles. The minimum Gasteiger partial charge on any atom is -0.493 e. The number of para-hydroxylation sites is 3. The first-order valence-corrected chi connectivity index (χ1v) is 9.95. The van der Waals surface area contributed by atoms with Crippen LogP contribution in [-0.4, -0.2) is 53.8 Å². The number of ether oxygens (including phenoxy) is 3. The van der Waals surface area contributed by atoms with E-state index in [4.69, 9.17) is 9.47 Å². The lowest BCUT2D eigenvalue weighted by atomic mass is 10.2. The lowest BCUT2D eigenvalue weighted by molar-refractivity contribution is -0.141. The van der Waals surface area contributed by atoms with Gasteiger partial charge in [-0.3, -0.25) is 19.0 Å². The predicted molar refractivity (Wildman–Crippen MR) is 115 cm³/mol. The molecule has 0 fully saturated rings. The largest absolute Gasteiger partial charge is 0.493 e. The molecule has 0 saturated carbocycles. The smallest absolute Gasteiger partial charge is 0.325 e. The summed E-state index contributed by atoms with van der Waals surface area (Å²) in [6.07, 6.45) is -0.912. The van der Waals surface area contributed by atoms with Crippen LogP contribution in [0.5, 0.6) is 17.4 Å². The Labute approximate surface area is 187 Å². The van der Waals surface area contributed by atoms with E-state index >= 15 is 0 Å². The normalized spacial score (nSPS) is 14.9. The molecule has 1 aliphatic rings. The van der Waals surface area contributed by atoms with E-state index in [1.165, 1.54) is 11.7 Å². The van der Waals surface area contributed by atoms with Crippen LogP contribution in [-0.2, 0) is 25.7 Å². The van der Waals surface area contributed by atoms with Gasteiger partial charge in [-0.1, -0.05) is 30.3 Å². The Balaban J connectivity index is 1.41. The second-order valence-electron chi connectivity index (χ2n) is 7.03. The molecule has 3 aromatic rings. The average Bonchev–Trinajstić information content (AvgIpc) is 3.11. The van der Waals surface area contributed by atoms with Gasteiger partial charge in [-0.05, 0) is 18.2 Å². The highest BCUT2D eigenvalue weighted by Gasteiger charge is 2.27. The van der Waals surface area contributed by atoms with Gasteiger partial charge in [-0.25, -0.2) is 0 Å². The van der Waals surface area contributed by atoms with Gasteiger partial charge in [0.15, 0.2) is 17.2 Å². The molecule has 2 amide bonds. The molecule has 2 N–H and O–H groups in total. The molecule has 4 rings (SSSR count). The third-order valence-corrected chi connectivity index (χ3v) is 4.91. The molecule has 0 radical (unpaired) electrons. The number of rotatable bonds is 6. The van der Waals surface area contributed by atoms with E-state index in [1.807, 2.05) is 0 Å². The highest BCUT2D eigenvalue weighted by molar-refractivity contribution is 5.96. The standard InChI is InChI=1S/C22H20N4O7/c1-31-19(28)11-26-14-7-3-2-6-13(14)20(22(26)30)25-24-18(27)10-23-21(29)17-12-32-15-8-4-5-9-16(15)33-17/h2-9,17,30H,10-12H2,1H3,(H,23,29)/t17-/m0/s1. The number of nitrogens with one attached hydrogen (secondary N) is 1. The zero-order valence-corrected chi connectivity index (χ0v) is 17.6. The van der Waals surface area contributed by atoms with E-state index in [0.717, 1.165) is 0 Å².